The van der Waals surface area contributed by atoms with Gasteiger partial charge in [0, 0.05) is 24.5 Å². The van der Waals surface area contributed by atoms with Crippen LogP contribution < -0.4 is 5.01 Å². The summed E-state index contributed by atoms with van der Waals surface area (Å²) in [5.41, 5.74) is 3.34. The van der Waals surface area contributed by atoms with Gasteiger partial charge in [0.1, 0.15) is 5.69 Å². The van der Waals surface area contributed by atoms with Gasteiger partial charge in [-0.2, -0.15) is 9.89 Å². The smallest absolute Gasteiger partial charge is 0.102 e. The standard InChI is InChI=1S/C16H17N3/c1-3-18(2)19-15-12-8-7-11-14(15)16(17-19)13-9-5-4-6-10-13/h4-12H,3H2,1-2H3. The number of para-hydroxylation sites is 1. The molecular formula is C16H17N3. The summed E-state index contributed by atoms with van der Waals surface area (Å²) in [5, 5.41) is 8.07. The van der Waals surface area contributed by atoms with Crippen LogP contribution in [0.2, 0.25) is 0 Å². The van der Waals surface area contributed by atoms with Crippen molar-refractivity contribution >= 4 is 10.9 Å². The van der Waals surface area contributed by atoms with Crippen LogP contribution in [0.3, 0.4) is 0 Å². The summed E-state index contributed by atoms with van der Waals surface area (Å²) in [5.74, 6) is 0. The van der Waals surface area contributed by atoms with Crippen molar-refractivity contribution in [2.24, 2.45) is 0 Å². The van der Waals surface area contributed by atoms with Crippen LogP contribution in [0.5, 0.6) is 0 Å². The SMILES string of the molecule is CCN(C)n1nc(-c2ccccc2)c2ccccc21. The summed E-state index contributed by atoms with van der Waals surface area (Å²) in [6.45, 7) is 3.04. The Bertz CT molecular complexity index is 686. The molecule has 0 amide bonds. The monoisotopic (exact) mass is 251 g/mol. The first-order chi connectivity index (χ1) is 9.31. The predicted octanol–water partition coefficient (Wildman–Crippen LogP) is 3.29. The van der Waals surface area contributed by atoms with Gasteiger partial charge in [-0.3, -0.25) is 5.01 Å². The van der Waals surface area contributed by atoms with Gasteiger partial charge in [-0.05, 0) is 13.0 Å². The number of fused-ring (bicyclic) bond motifs is 1. The van der Waals surface area contributed by atoms with Crippen molar-refractivity contribution in [2.75, 3.05) is 18.6 Å². The number of hydrogen-bond donors (Lipinski definition) is 0. The second-order valence-electron chi connectivity index (χ2n) is 4.60. The van der Waals surface area contributed by atoms with E-state index in [2.05, 4.69) is 48.3 Å². The molecule has 0 spiro atoms. The van der Waals surface area contributed by atoms with E-state index in [1.165, 1.54) is 5.39 Å². The van der Waals surface area contributed by atoms with Crippen LogP contribution in [0.1, 0.15) is 6.92 Å². The largest absolute Gasteiger partial charge is 0.300 e. The van der Waals surface area contributed by atoms with Gasteiger partial charge in [0.15, 0.2) is 0 Å². The first-order valence-corrected chi connectivity index (χ1v) is 6.56. The van der Waals surface area contributed by atoms with E-state index in [1.807, 2.05) is 30.0 Å². The minimum Gasteiger partial charge on any atom is -0.300 e. The molecule has 1 aromatic heterocycles. The molecule has 19 heavy (non-hydrogen) atoms. The minimum absolute atomic E-state index is 0.917. The zero-order chi connectivity index (χ0) is 13.2. The molecule has 3 heteroatoms. The van der Waals surface area contributed by atoms with E-state index in [0.717, 1.165) is 23.3 Å². The van der Waals surface area contributed by atoms with Crippen LogP contribution in [-0.4, -0.2) is 23.5 Å². The summed E-state index contributed by atoms with van der Waals surface area (Å²) in [6, 6.07) is 18.7. The van der Waals surface area contributed by atoms with Crippen molar-refractivity contribution in [2.45, 2.75) is 6.92 Å². The van der Waals surface area contributed by atoms with Crippen LogP contribution in [0.4, 0.5) is 0 Å². The van der Waals surface area contributed by atoms with Gasteiger partial charge in [-0.25, -0.2) is 0 Å². The molecule has 3 rings (SSSR count). The molecule has 3 nitrogen and oxygen atoms in total. The van der Waals surface area contributed by atoms with Crippen LogP contribution in [0.25, 0.3) is 22.2 Å². The van der Waals surface area contributed by atoms with E-state index in [1.54, 1.807) is 0 Å². The van der Waals surface area contributed by atoms with Crippen LogP contribution in [0.15, 0.2) is 54.6 Å². The van der Waals surface area contributed by atoms with Gasteiger partial charge in [0.2, 0.25) is 0 Å². The van der Waals surface area contributed by atoms with E-state index in [0.29, 0.717) is 0 Å². The molecule has 0 aliphatic carbocycles. The highest BCUT2D eigenvalue weighted by Gasteiger charge is 2.12. The zero-order valence-electron chi connectivity index (χ0n) is 11.2. The molecule has 96 valence electrons. The highest BCUT2D eigenvalue weighted by Crippen LogP contribution is 2.27. The van der Waals surface area contributed by atoms with Crippen molar-refractivity contribution in [3.8, 4) is 11.3 Å². The summed E-state index contributed by atoms with van der Waals surface area (Å²) in [4.78, 5) is 1.98. The Balaban J connectivity index is 2.26. The number of hydrogen-bond acceptors (Lipinski definition) is 2. The maximum atomic E-state index is 4.77. The highest BCUT2D eigenvalue weighted by molar-refractivity contribution is 5.93. The van der Waals surface area contributed by atoms with E-state index in [4.69, 9.17) is 5.10 Å². The Morgan fingerprint density at radius 3 is 2.42 bits per heavy atom. The van der Waals surface area contributed by atoms with Crippen molar-refractivity contribution in [1.82, 2.24) is 9.89 Å². The summed E-state index contributed by atoms with van der Waals surface area (Å²) in [6.07, 6.45) is 0. The van der Waals surface area contributed by atoms with Crippen LogP contribution in [-0.2, 0) is 0 Å². The van der Waals surface area contributed by atoms with Crippen LogP contribution in [0, 0.1) is 0 Å². The van der Waals surface area contributed by atoms with Gasteiger partial charge in [0.05, 0.1) is 5.52 Å². The van der Waals surface area contributed by atoms with Crippen molar-refractivity contribution < 1.29 is 0 Å². The third-order valence-electron chi connectivity index (χ3n) is 3.40. The van der Waals surface area contributed by atoms with E-state index >= 15 is 0 Å². The van der Waals surface area contributed by atoms with Crippen LogP contribution >= 0.6 is 0 Å². The summed E-state index contributed by atoms with van der Waals surface area (Å²) < 4.78 is 0. The minimum atomic E-state index is 0.917. The second kappa shape index (κ2) is 4.76. The molecule has 0 fully saturated rings. The number of nitrogens with zero attached hydrogens (tertiary/aromatic N) is 3. The average Bonchev–Trinajstić information content (AvgIpc) is 2.87. The fourth-order valence-corrected chi connectivity index (χ4v) is 2.25. The molecule has 1 heterocycles. The van der Waals surface area contributed by atoms with Crippen molar-refractivity contribution in [3.05, 3.63) is 54.6 Å². The van der Waals surface area contributed by atoms with Crippen molar-refractivity contribution in [1.29, 1.82) is 0 Å². The Kier molecular flexibility index (Phi) is 2.95. The van der Waals surface area contributed by atoms with Gasteiger partial charge in [-0.1, -0.05) is 48.5 Å². The van der Waals surface area contributed by atoms with E-state index in [9.17, 15) is 0 Å². The predicted molar refractivity (Wildman–Crippen MR) is 79.9 cm³/mol. The molecule has 0 saturated heterocycles. The maximum Gasteiger partial charge on any atom is 0.102 e. The maximum absolute atomic E-state index is 4.77. The number of benzene rings is 2. The molecule has 3 aromatic rings. The zero-order valence-corrected chi connectivity index (χ0v) is 11.2. The summed E-state index contributed by atoms with van der Waals surface area (Å²) in [7, 11) is 2.05. The lowest BCUT2D eigenvalue weighted by Crippen LogP contribution is -2.30. The van der Waals surface area contributed by atoms with Crippen molar-refractivity contribution in [3.63, 3.8) is 0 Å². The normalized spacial score (nSPS) is 10.8. The lowest BCUT2D eigenvalue weighted by Gasteiger charge is -2.17. The van der Waals surface area contributed by atoms with Gasteiger partial charge in [-0.15, -0.1) is 0 Å². The molecule has 0 saturated carbocycles. The fourth-order valence-electron chi connectivity index (χ4n) is 2.25. The van der Waals surface area contributed by atoms with E-state index < -0.39 is 0 Å². The topological polar surface area (TPSA) is 21.1 Å². The molecule has 2 aromatic carbocycles. The third kappa shape index (κ3) is 1.97. The molecular weight excluding hydrogens is 234 g/mol. The Morgan fingerprint density at radius 2 is 1.68 bits per heavy atom. The molecule has 0 atom stereocenters. The molecule has 0 bridgehead atoms. The highest BCUT2D eigenvalue weighted by atomic mass is 15.6. The quantitative estimate of drug-likeness (QED) is 0.712. The molecule has 0 aliphatic rings. The lowest BCUT2D eigenvalue weighted by molar-refractivity contribution is 0.618. The molecule has 0 N–H and O–H groups in total. The van der Waals surface area contributed by atoms with Gasteiger partial charge in [0.25, 0.3) is 0 Å². The first-order valence-electron chi connectivity index (χ1n) is 6.56. The van der Waals surface area contributed by atoms with Gasteiger partial charge < -0.3 is 0 Å². The number of rotatable bonds is 3. The molecule has 0 aliphatic heterocycles. The number of aromatic nitrogens is 2. The Hall–Kier alpha value is -2.29. The molecule has 0 unspecified atom stereocenters. The fraction of sp³-hybridized carbons (Fsp3) is 0.188. The van der Waals surface area contributed by atoms with Gasteiger partial charge >= 0.3 is 0 Å². The summed E-state index contributed by atoms with van der Waals surface area (Å²) >= 11 is 0. The lowest BCUT2D eigenvalue weighted by atomic mass is 10.1. The first kappa shape index (κ1) is 11.8. The Morgan fingerprint density at radius 1 is 1.00 bits per heavy atom. The second-order valence-corrected chi connectivity index (χ2v) is 4.60. The van der Waals surface area contributed by atoms with E-state index in [-0.39, 0.29) is 0 Å². The average molecular weight is 251 g/mol. The Labute approximate surface area is 113 Å². The third-order valence-corrected chi connectivity index (χ3v) is 3.40. The molecule has 0 radical (unpaired) electrons.